The van der Waals surface area contributed by atoms with E-state index in [0.717, 1.165) is 12.8 Å². The van der Waals surface area contributed by atoms with Crippen molar-refractivity contribution in [3.63, 3.8) is 0 Å². The van der Waals surface area contributed by atoms with E-state index in [1.807, 2.05) is 0 Å². The first-order chi connectivity index (χ1) is 8.72. The Hall–Kier alpha value is -1.13. The maximum Gasteiger partial charge on any atom is 0.253 e. The van der Waals surface area contributed by atoms with Gasteiger partial charge in [-0.05, 0) is 24.8 Å². The van der Waals surface area contributed by atoms with Gasteiger partial charge in [0.15, 0.2) is 0 Å². The van der Waals surface area contributed by atoms with Gasteiger partial charge < -0.3 is 11.1 Å². The van der Waals surface area contributed by atoms with Crippen LogP contribution in [0.2, 0.25) is 5.02 Å². The third-order valence-electron chi connectivity index (χ3n) is 3.56. The van der Waals surface area contributed by atoms with E-state index in [0.29, 0.717) is 23.0 Å². The van der Waals surface area contributed by atoms with Crippen molar-refractivity contribution >= 4 is 17.5 Å². The van der Waals surface area contributed by atoms with Crippen LogP contribution in [0.25, 0.3) is 0 Å². The van der Waals surface area contributed by atoms with Gasteiger partial charge in [0, 0.05) is 25.0 Å². The largest absolute Gasteiger partial charge is 0.348 e. The summed E-state index contributed by atoms with van der Waals surface area (Å²) in [5.74, 6) is 0.337. The summed E-state index contributed by atoms with van der Waals surface area (Å²) < 4.78 is 0. The Kier molecular flexibility index (Phi) is 4.55. The number of aromatic nitrogens is 1. The molecular formula is C13H18ClN3O. The maximum atomic E-state index is 12.1. The van der Waals surface area contributed by atoms with Gasteiger partial charge in [-0.2, -0.15) is 0 Å². The Morgan fingerprint density at radius 1 is 1.56 bits per heavy atom. The summed E-state index contributed by atoms with van der Waals surface area (Å²) in [7, 11) is 0. The third kappa shape index (κ3) is 3.00. The van der Waals surface area contributed by atoms with Crippen LogP contribution in [-0.2, 0) is 0 Å². The Balaban J connectivity index is 2.03. The Morgan fingerprint density at radius 2 is 2.28 bits per heavy atom. The average molecular weight is 268 g/mol. The van der Waals surface area contributed by atoms with Gasteiger partial charge in [0.05, 0.1) is 10.6 Å². The predicted molar refractivity (Wildman–Crippen MR) is 71.5 cm³/mol. The second-order valence-electron chi connectivity index (χ2n) is 4.72. The molecule has 0 saturated heterocycles. The summed E-state index contributed by atoms with van der Waals surface area (Å²) >= 11 is 5.95. The van der Waals surface area contributed by atoms with Crippen LogP contribution >= 0.6 is 11.6 Å². The molecule has 1 aliphatic carbocycles. The van der Waals surface area contributed by atoms with E-state index in [1.165, 1.54) is 19.0 Å². The standard InChI is InChI=1S/C13H18ClN3O/c14-11-8-16-6-5-10(11)13(18)17-12(7-15)9-3-1-2-4-9/h5-6,8-9,12H,1-4,7,15H2,(H,17,18). The highest BCUT2D eigenvalue weighted by molar-refractivity contribution is 6.33. The Bertz CT molecular complexity index is 418. The fourth-order valence-corrected chi connectivity index (χ4v) is 2.74. The molecule has 5 heteroatoms. The zero-order valence-corrected chi connectivity index (χ0v) is 11.0. The lowest BCUT2D eigenvalue weighted by Gasteiger charge is -2.23. The predicted octanol–water partition coefficient (Wildman–Crippen LogP) is 1.98. The molecule has 98 valence electrons. The number of nitrogens with two attached hydrogens (primary N) is 1. The first-order valence-corrected chi connectivity index (χ1v) is 6.70. The highest BCUT2D eigenvalue weighted by atomic mass is 35.5. The van der Waals surface area contributed by atoms with Crippen LogP contribution in [0.5, 0.6) is 0 Å². The molecule has 18 heavy (non-hydrogen) atoms. The molecule has 0 radical (unpaired) electrons. The molecule has 0 bridgehead atoms. The summed E-state index contributed by atoms with van der Waals surface area (Å²) in [6.07, 6.45) is 7.79. The highest BCUT2D eigenvalue weighted by Gasteiger charge is 2.26. The lowest BCUT2D eigenvalue weighted by Crippen LogP contribution is -2.44. The van der Waals surface area contributed by atoms with Crippen LogP contribution in [0.3, 0.4) is 0 Å². The van der Waals surface area contributed by atoms with Gasteiger partial charge in [-0.3, -0.25) is 9.78 Å². The van der Waals surface area contributed by atoms with E-state index in [4.69, 9.17) is 17.3 Å². The van der Waals surface area contributed by atoms with Crippen LogP contribution in [0, 0.1) is 5.92 Å². The van der Waals surface area contributed by atoms with E-state index in [9.17, 15) is 4.79 Å². The molecule has 1 aromatic heterocycles. The second-order valence-corrected chi connectivity index (χ2v) is 5.12. The number of halogens is 1. The van der Waals surface area contributed by atoms with Crippen molar-refractivity contribution in [2.45, 2.75) is 31.7 Å². The first-order valence-electron chi connectivity index (χ1n) is 6.33. The minimum absolute atomic E-state index is 0.0456. The van der Waals surface area contributed by atoms with E-state index < -0.39 is 0 Å². The van der Waals surface area contributed by atoms with Gasteiger partial charge in [0.25, 0.3) is 5.91 Å². The zero-order valence-electron chi connectivity index (χ0n) is 10.2. The molecule has 0 aliphatic heterocycles. The van der Waals surface area contributed by atoms with Crippen molar-refractivity contribution in [2.24, 2.45) is 11.7 Å². The molecule has 1 aliphatic rings. The van der Waals surface area contributed by atoms with Crippen LogP contribution in [0.1, 0.15) is 36.0 Å². The number of amides is 1. The average Bonchev–Trinajstić information content (AvgIpc) is 2.90. The molecule has 1 amide bonds. The maximum absolute atomic E-state index is 12.1. The highest BCUT2D eigenvalue weighted by Crippen LogP contribution is 2.27. The topological polar surface area (TPSA) is 68.0 Å². The van der Waals surface area contributed by atoms with Crippen molar-refractivity contribution < 1.29 is 4.79 Å². The second kappa shape index (κ2) is 6.16. The molecule has 2 rings (SSSR count). The van der Waals surface area contributed by atoms with Gasteiger partial charge >= 0.3 is 0 Å². The van der Waals surface area contributed by atoms with Gasteiger partial charge in [-0.25, -0.2) is 0 Å². The minimum Gasteiger partial charge on any atom is -0.348 e. The molecule has 1 unspecified atom stereocenters. The normalized spacial score (nSPS) is 17.7. The van der Waals surface area contributed by atoms with Gasteiger partial charge in [-0.1, -0.05) is 24.4 Å². The fraction of sp³-hybridized carbons (Fsp3) is 0.538. The molecule has 1 saturated carbocycles. The molecule has 1 fully saturated rings. The van der Waals surface area contributed by atoms with Gasteiger partial charge in [0.2, 0.25) is 0 Å². The number of rotatable bonds is 4. The van der Waals surface area contributed by atoms with Crippen molar-refractivity contribution in [1.82, 2.24) is 10.3 Å². The third-order valence-corrected chi connectivity index (χ3v) is 3.86. The minimum atomic E-state index is -0.162. The van der Waals surface area contributed by atoms with E-state index in [2.05, 4.69) is 10.3 Å². The van der Waals surface area contributed by atoms with Crippen molar-refractivity contribution in [2.75, 3.05) is 6.54 Å². The molecule has 0 aromatic carbocycles. The quantitative estimate of drug-likeness (QED) is 0.877. The summed E-state index contributed by atoms with van der Waals surface area (Å²) in [5.41, 5.74) is 6.22. The number of carbonyl (C=O) groups is 1. The number of pyridine rings is 1. The van der Waals surface area contributed by atoms with Crippen LogP contribution in [-0.4, -0.2) is 23.5 Å². The number of nitrogens with zero attached hydrogens (tertiary/aromatic N) is 1. The van der Waals surface area contributed by atoms with Crippen LogP contribution in [0.4, 0.5) is 0 Å². The molecular weight excluding hydrogens is 250 g/mol. The van der Waals surface area contributed by atoms with E-state index in [1.54, 1.807) is 12.3 Å². The van der Waals surface area contributed by atoms with Gasteiger partial charge in [-0.15, -0.1) is 0 Å². The lowest BCUT2D eigenvalue weighted by molar-refractivity contribution is 0.0924. The van der Waals surface area contributed by atoms with E-state index in [-0.39, 0.29) is 11.9 Å². The number of hydrogen-bond donors (Lipinski definition) is 2. The fourth-order valence-electron chi connectivity index (χ4n) is 2.53. The Morgan fingerprint density at radius 3 is 2.89 bits per heavy atom. The SMILES string of the molecule is NCC(NC(=O)c1ccncc1Cl)C1CCCC1. The molecule has 1 atom stereocenters. The molecule has 0 spiro atoms. The van der Waals surface area contributed by atoms with Crippen molar-refractivity contribution in [1.29, 1.82) is 0 Å². The van der Waals surface area contributed by atoms with Crippen molar-refractivity contribution in [3.8, 4) is 0 Å². The first kappa shape index (κ1) is 13.3. The van der Waals surface area contributed by atoms with Gasteiger partial charge in [0.1, 0.15) is 0 Å². The summed E-state index contributed by atoms with van der Waals surface area (Å²) in [5, 5.41) is 3.36. The van der Waals surface area contributed by atoms with Crippen molar-refractivity contribution in [3.05, 3.63) is 29.0 Å². The monoisotopic (exact) mass is 267 g/mol. The smallest absolute Gasteiger partial charge is 0.253 e. The molecule has 1 heterocycles. The summed E-state index contributed by atoms with van der Waals surface area (Å²) in [6, 6.07) is 1.67. The molecule has 1 aromatic rings. The molecule has 3 N–H and O–H groups in total. The lowest BCUT2D eigenvalue weighted by atomic mass is 9.98. The van der Waals surface area contributed by atoms with Crippen LogP contribution < -0.4 is 11.1 Å². The summed E-state index contributed by atoms with van der Waals surface area (Å²) in [6.45, 7) is 0.471. The molecule has 4 nitrogen and oxygen atoms in total. The zero-order chi connectivity index (χ0) is 13.0. The summed E-state index contributed by atoms with van der Waals surface area (Å²) in [4.78, 5) is 16.0. The Labute approximate surface area is 112 Å². The van der Waals surface area contributed by atoms with Crippen LogP contribution in [0.15, 0.2) is 18.5 Å². The number of hydrogen-bond acceptors (Lipinski definition) is 3. The van der Waals surface area contributed by atoms with E-state index >= 15 is 0 Å². The number of nitrogens with one attached hydrogen (secondary N) is 1. The number of carbonyl (C=O) groups excluding carboxylic acids is 1.